The van der Waals surface area contributed by atoms with Gasteiger partial charge in [-0.25, -0.2) is 14.4 Å². The second-order valence-corrected chi connectivity index (χ2v) is 5.58. The van der Waals surface area contributed by atoms with Crippen molar-refractivity contribution >= 4 is 17.9 Å². The first kappa shape index (κ1) is 17.8. The molecule has 2 atom stereocenters. The van der Waals surface area contributed by atoms with E-state index in [1.165, 1.54) is 12.1 Å². The first-order chi connectivity index (χ1) is 12.4. The molecule has 0 fully saturated rings. The van der Waals surface area contributed by atoms with Crippen molar-refractivity contribution in [2.75, 3.05) is 20.8 Å². The van der Waals surface area contributed by atoms with Crippen molar-refractivity contribution in [3.63, 3.8) is 0 Å². The molecule has 1 aromatic rings. The zero-order chi connectivity index (χ0) is 19.1. The van der Waals surface area contributed by atoms with Crippen LogP contribution in [0.1, 0.15) is 24.2 Å². The van der Waals surface area contributed by atoms with Gasteiger partial charge in [-0.15, -0.1) is 0 Å². The Morgan fingerprint density at radius 2 is 1.77 bits per heavy atom. The van der Waals surface area contributed by atoms with Crippen LogP contribution in [0.4, 0.5) is 0 Å². The summed E-state index contributed by atoms with van der Waals surface area (Å²) >= 11 is 0. The molecule has 0 saturated carbocycles. The van der Waals surface area contributed by atoms with Crippen LogP contribution in [0.5, 0.6) is 0 Å². The van der Waals surface area contributed by atoms with Crippen molar-refractivity contribution in [3.8, 4) is 0 Å². The van der Waals surface area contributed by atoms with E-state index in [0.717, 1.165) is 14.2 Å². The Bertz CT molecular complexity index is 900. The van der Waals surface area contributed by atoms with Gasteiger partial charge in [0.2, 0.25) is 5.60 Å². The molecule has 0 radical (unpaired) electrons. The molecule has 0 amide bonds. The maximum absolute atomic E-state index is 12.8. The number of ether oxygens (including phenoxy) is 4. The topological polar surface area (TPSA) is 105 Å². The molecule has 0 N–H and O–H groups in total. The lowest BCUT2D eigenvalue weighted by Crippen LogP contribution is -2.44. The van der Waals surface area contributed by atoms with E-state index in [4.69, 9.17) is 18.9 Å². The van der Waals surface area contributed by atoms with Gasteiger partial charge in [-0.1, -0.05) is 18.2 Å². The van der Waals surface area contributed by atoms with E-state index in [9.17, 15) is 19.2 Å². The first-order valence-electron chi connectivity index (χ1n) is 7.84. The lowest BCUT2D eigenvalue weighted by molar-refractivity contribution is -0.169. The minimum Gasteiger partial charge on any atom is -0.466 e. The predicted octanol–water partition coefficient (Wildman–Crippen LogP) is 0.533. The fourth-order valence-corrected chi connectivity index (χ4v) is 3.38. The van der Waals surface area contributed by atoms with Crippen LogP contribution >= 0.6 is 0 Å². The highest BCUT2D eigenvalue weighted by atomic mass is 16.6. The van der Waals surface area contributed by atoms with Crippen molar-refractivity contribution in [3.05, 3.63) is 56.8 Å². The number of hydrogen-bond acceptors (Lipinski definition) is 8. The van der Waals surface area contributed by atoms with Crippen LogP contribution in [0.15, 0.2) is 40.2 Å². The first-order valence-corrected chi connectivity index (χ1v) is 7.84. The number of carbonyl (C=O) groups excluding carboxylic acids is 3. The van der Waals surface area contributed by atoms with Gasteiger partial charge in [0.15, 0.2) is 5.43 Å². The van der Waals surface area contributed by atoms with Crippen LogP contribution < -0.4 is 5.43 Å². The molecule has 1 aromatic carbocycles. The van der Waals surface area contributed by atoms with Crippen molar-refractivity contribution in [2.45, 2.75) is 18.6 Å². The van der Waals surface area contributed by atoms with Crippen molar-refractivity contribution in [2.24, 2.45) is 0 Å². The van der Waals surface area contributed by atoms with Crippen LogP contribution in [-0.2, 0) is 38.9 Å². The van der Waals surface area contributed by atoms with Gasteiger partial charge in [0.1, 0.15) is 6.10 Å². The Morgan fingerprint density at radius 1 is 1.12 bits per heavy atom. The van der Waals surface area contributed by atoms with E-state index in [-0.39, 0.29) is 23.3 Å². The minimum atomic E-state index is -2.16. The highest BCUT2D eigenvalue weighted by molar-refractivity contribution is 6.10. The average Bonchev–Trinajstić information content (AvgIpc) is 3.08. The van der Waals surface area contributed by atoms with Gasteiger partial charge in [0.25, 0.3) is 0 Å². The Morgan fingerprint density at radius 3 is 2.38 bits per heavy atom. The molecule has 0 saturated heterocycles. The van der Waals surface area contributed by atoms with Crippen LogP contribution in [0.2, 0.25) is 0 Å². The molecule has 8 nitrogen and oxygen atoms in total. The van der Waals surface area contributed by atoms with Crippen LogP contribution in [0.3, 0.4) is 0 Å². The van der Waals surface area contributed by atoms with Gasteiger partial charge in [-0.2, -0.15) is 0 Å². The normalized spacial score (nSPS) is 22.7. The maximum Gasteiger partial charge on any atom is 0.348 e. The number of hydrogen-bond donors (Lipinski definition) is 0. The predicted molar refractivity (Wildman–Crippen MR) is 85.9 cm³/mol. The Kier molecular flexibility index (Phi) is 4.37. The quantitative estimate of drug-likeness (QED) is 0.566. The molecule has 0 spiro atoms. The summed E-state index contributed by atoms with van der Waals surface area (Å²) in [5, 5.41) is 0. The van der Waals surface area contributed by atoms with Gasteiger partial charge in [-0.05, 0) is 18.6 Å². The second-order valence-electron chi connectivity index (χ2n) is 5.58. The van der Waals surface area contributed by atoms with Gasteiger partial charge in [-0.3, -0.25) is 4.79 Å². The summed E-state index contributed by atoms with van der Waals surface area (Å²) in [6.45, 7) is 1.56. The summed E-state index contributed by atoms with van der Waals surface area (Å²) in [5.41, 5.74) is -2.99. The number of carbonyl (C=O) groups is 3. The second kappa shape index (κ2) is 6.38. The number of esters is 3. The minimum absolute atomic E-state index is 0.0148. The molecule has 3 rings (SSSR count). The summed E-state index contributed by atoms with van der Waals surface area (Å²) in [7, 11) is 2.23. The van der Waals surface area contributed by atoms with Crippen LogP contribution in [-0.4, -0.2) is 38.7 Å². The number of methoxy groups -OCH3 is 2. The van der Waals surface area contributed by atoms with Gasteiger partial charge in [0.05, 0.1) is 37.5 Å². The van der Waals surface area contributed by atoms with Crippen molar-refractivity contribution in [1.29, 1.82) is 0 Å². The Labute approximate surface area is 148 Å². The standard InChI is InChI=1S/C18H16O8/c1-4-25-17(22)18-12-9(7-5-6-8-10(12)19)14(26-18)11(15(20)23-2)13(18)16(21)24-3/h5-8,14H,4H2,1-3H3. The van der Waals surface area contributed by atoms with Crippen molar-refractivity contribution in [1.82, 2.24) is 0 Å². The molecular weight excluding hydrogens is 344 g/mol. The van der Waals surface area contributed by atoms with Crippen LogP contribution in [0, 0.1) is 0 Å². The smallest absolute Gasteiger partial charge is 0.348 e. The summed E-state index contributed by atoms with van der Waals surface area (Å²) in [5.74, 6) is -2.80. The van der Waals surface area contributed by atoms with Gasteiger partial charge >= 0.3 is 17.9 Å². The SMILES string of the molecule is CCOC(=O)C12OC(C(C(=O)OC)=C1C(=O)OC)c1ccccc(=O)c12. The molecule has 2 bridgehead atoms. The fourth-order valence-electron chi connectivity index (χ4n) is 3.38. The largest absolute Gasteiger partial charge is 0.466 e. The monoisotopic (exact) mass is 360 g/mol. The zero-order valence-corrected chi connectivity index (χ0v) is 14.4. The van der Waals surface area contributed by atoms with E-state index < -0.39 is 35.0 Å². The molecule has 2 unspecified atom stereocenters. The maximum atomic E-state index is 12.8. The average molecular weight is 360 g/mol. The Balaban J connectivity index is 2.42. The molecular formula is C18H16O8. The number of fused-ring (bicyclic) bond motifs is 5. The molecule has 26 heavy (non-hydrogen) atoms. The van der Waals surface area contributed by atoms with E-state index >= 15 is 0 Å². The Hall–Kier alpha value is -3.00. The fraction of sp³-hybridized carbons (Fsp3) is 0.333. The van der Waals surface area contributed by atoms with E-state index in [1.807, 2.05) is 0 Å². The molecule has 2 heterocycles. The summed E-state index contributed by atoms with van der Waals surface area (Å²) in [6.07, 6.45) is -1.11. The third-order valence-corrected chi connectivity index (χ3v) is 4.34. The molecule has 2 aliphatic heterocycles. The molecule has 136 valence electrons. The molecule has 8 heteroatoms. The summed E-state index contributed by atoms with van der Waals surface area (Å²) in [6, 6.07) is 5.88. The highest BCUT2D eigenvalue weighted by Gasteiger charge is 2.66. The number of rotatable bonds is 4. The van der Waals surface area contributed by atoms with Gasteiger partial charge in [0, 0.05) is 0 Å². The van der Waals surface area contributed by atoms with E-state index in [1.54, 1.807) is 19.1 Å². The lowest BCUT2D eigenvalue weighted by atomic mass is 9.78. The van der Waals surface area contributed by atoms with Crippen molar-refractivity contribution < 1.29 is 33.3 Å². The van der Waals surface area contributed by atoms with E-state index in [2.05, 4.69) is 0 Å². The highest BCUT2D eigenvalue weighted by Crippen LogP contribution is 2.57. The lowest BCUT2D eigenvalue weighted by Gasteiger charge is -2.25. The van der Waals surface area contributed by atoms with Crippen LogP contribution in [0.25, 0.3) is 0 Å². The summed E-state index contributed by atoms with van der Waals surface area (Å²) in [4.78, 5) is 50.3. The third kappa shape index (κ3) is 2.19. The summed E-state index contributed by atoms with van der Waals surface area (Å²) < 4.78 is 20.4. The molecule has 0 aromatic heterocycles. The zero-order valence-electron chi connectivity index (χ0n) is 14.4. The van der Waals surface area contributed by atoms with Gasteiger partial charge < -0.3 is 18.9 Å². The molecule has 0 aliphatic carbocycles. The van der Waals surface area contributed by atoms with E-state index in [0.29, 0.717) is 5.56 Å². The molecule has 2 aliphatic rings. The third-order valence-electron chi connectivity index (χ3n) is 4.34.